The normalized spacial score (nSPS) is 11.4. The molecule has 2 rings (SSSR count). The van der Waals surface area contributed by atoms with E-state index in [0.29, 0.717) is 5.92 Å². The third-order valence-corrected chi connectivity index (χ3v) is 2.43. The Bertz CT molecular complexity index is 427. The number of aryl methyl sites for hydroxylation is 1. The van der Waals surface area contributed by atoms with E-state index in [1.165, 1.54) is 11.1 Å². The average molecular weight is 174 g/mol. The fraction of sp³-hybridized carbons (Fsp3) is 0.364. The molecule has 68 valence electrons. The Hall–Kier alpha value is -1.31. The van der Waals surface area contributed by atoms with Crippen molar-refractivity contribution in [3.8, 4) is 0 Å². The number of imidazole rings is 1. The zero-order chi connectivity index (χ0) is 9.42. The molecule has 0 saturated carbocycles. The molecule has 0 unspecified atom stereocenters. The van der Waals surface area contributed by atoms with E-state index in [4.69, 9.17) is 0 Å². The third-order valence-electron chi connectivity index (χ3n) is 2.43. The molecule has 2 aromatic rings. The van der Waals surface area contributed by atoms with Gasteiger partial charge in [0.15, 0.2) is 0 Å². The van der Waals surface area contributed by atoms with E-state index in [9.17, 15) is 0 Å². The summed E-state index contributed by atoms with van der Waals surface area (Å²) in [5.41, 5.74) is 4.92. The molecule has 1 aromatic carbocycles. The summed E-state index contributed by atoms with van der Waals surface area (Å²) in [4.78, 5) is 7.36. The van der Waals surface area contributed by atoms with Crippen LogP contribution in [0.25, 0.3) is 11.0 Å². The van der Waals surface area contributed by atoms with Crippen LogP contribution in [-0.2, 0) is 0 Å². The second-order valence-corrected chi connectivity index (χ2v) is 3.78. The van der Waals surface area contributed by atoms with Crippen molar-refractivity contribution in [2.75, 3.05) is 0 Å². The van der Waals surface area contributed by atoms with Gasteiger partial charge in [-0.2, -0.15) is 0 Å². The number of fused-ring (bicyclic) bond motifs is 1. The van der Waals surface area contributed by atoms with Crippen LogP contribution in [0.1, 0.15) is 30.9 Å². The first-order chi connectivity index (χ1) is 6.18. The highest BCUT2D eigenvalue weighted by molar-refractivity contribution is 5.76. The predicted molar refractivity (Wildman–Crippen MR) is 54.9 cm³/mol. The molecule has 0 spiro atoms. The van der Waals surface area contributed by atoms with E-state index in [1.54, 1.807) is 6.33 Å². The van der Waals surface area contributed by atoms with Gasteiger partial charge in [-0.05, 0) is 36.1 Å². The Morgan fingerprint density at radius 1 is 1.31 bits per heavy atom. The fourth-order valence-corrected chi connectivity index (χ4v) is 1.73. The van der Waals surface area contributed by atoms with E-state index < -0.39 is 0 Å². The number of nitrogens with one attached hydrogen (secondary N) is 1. The van der Waals surface area contributed by atoms with Crippen molar-refractivity contribution in [3.63, 3.8) is 0 Å². The van der Waals surface area contributed by atoms with Gasteiger partial charge in [-0.3, -0.25) is 0 Å². The Labute approximate surface area is 78.0 Å². The summed E-state index contributed by atoms with van der Waals surface area (Å²) in [6.07, 6.45) is 1.74. The number of aromatic nitrogens is 2. The molecule has 2 heteroatoms. The van der Waals surface area contributed by atoms with Gasteiger partial charge in [0.1, 0.15) is 0 Å². The molecule has 0 fully saturated rings. The van der Waals surface area contributed by atoms with Crippen LogP contribution in [0.3, 0.4) is 0 Å². The first-order valence-electron chi connectivity index (χ1n) is 4.62. The zero-order valence-electron chi connectivity index (χ0n) is 8.26. The molecule has 1 aromatic heterocycles. The maximum Gasteiger partial charge on any atom is 0.0931 e. The van der Waals surface area contributed by atoms with Crippen molar-refractivity contribution in [3.05, 3.63) is 29.6 Å². The Morgan fingerprint density at radius 2 is 2.08 bits per heavy atom. The lowest BCUT2D eigenvalue weighted by atomic mass is 9.97. The van der Waals surface area contributed by atoms with Crippen molar-refractivity contribution in [1.82, 2.24) is 9.97 Å². The summed E-state index contributed by atoms with van der Waals surface area (Å²) in [7, 11) is 0. The highest BCUT2D eigenvalue weighted by atomic mass is 14.9. The van der Waals surface area contributed by atoms with Gasteiger partial charge in [-0.25, -0.2) is 4.98 Å². The average Bonchev–Trinajstić information content (AvgIpc) is 2.48. The lowest BCUT2D eigenvalue weighted by Gasteiger charge is -2.08. The Kier molecular flexibility index (Phi) is 1.83. The van der Waals surface area contributed by atoms with E-state index >= 15 is 0 Å². The number of nitrogens with zero attached hydrogens (tertiary/aromatic N) is 1. The van der Waals surface area contributed by atoms with Crippen LogP contribution in [0.15, 0.2) is 18.5 Å². The molecule has 0 aliphatic carbocycles. The van der Waals surface area contributed by atoms with Crippen LogP contribution < -0.4 is 0 Å². The fourth-order valence-electron chi connectivity index (χ4n) is 1.73. The van der Waals surface area contributed by atoms with Crippen molar-refractivity contribution in [2.45, 2.75) is 26.7 Å². The number of hydrogen-bond donors (Lipinski definition) is 1. The lowest BCUT2D eigenvalue weighted by Crippen LogP contribution is -1.91. The number of benzene rings is 1. The molecule has 1 heterocycles. The van der Waals surface area contributed by atoms with Crippen molar-refractivity contribution >= 4 is 11.0 Å². The SMILES string of the molecule is Cc1cc2[nH]cnc2cc1C(C)C. The summed E-state index contributed by atoms with van der Waals surface area (Å²) in [5.74, 6) is 0.570. The van der Waals surface area contributed by atoms with Crippen LogP contribution in [-0.4, -0.2) is 9.97 Å². The number of hydrogen-bond acceptors (Lipinski definition) is 1. The van der Waals surface area contributed by atoms with Crippen LogP contribution in [0.5, 0.6) is 0 Å². The van der Waals surface area contributed by atoms with E-state index in [2.05, 4.69) is 42.9 Å². The van der Waals surface area contributed by atoms with Crippen LogP contribution in [0.4, 0.5) is 0 Å². The van der Waals surface area contributed by atoms with Crippen LogP contribution >= 0.6 is 0 Å². The molecule has 13 heavy (non-hydrogen) atoms. The second-order valence-electron chi connectivity index (χ2n) is 3.78. The summed E-state index contributed by atoms with van der Waals surface area (Å²) < 4.78 is 0. The minimum absolute atomic E-state index is 0.570. The van der Waals surface area contributed by atoms with Crippen LogP contribution in [0.2, 0.25) is 0 Å². The summed E-state index contributed by atoms with van der Waals surface area (Å²) in [5, 5.41) is 0. The van der Waals surface area contributed by atoms with Gasteiger partial charge in [-0.1, -0.05) is 13.8 Å². The number of rotatable bonds is 1. The Balaban J connectivity index is 2.69. The molecule has 0 amide bonds. The first-order valence-corrected chi connectivity index (χ1v) is 4.62. The lowest BCUT2D eigenvalue weighted by molar-refractivity contribution is 0.858. The van der Waals surface area contributed by atoms with Gasteiger partial charge in [0.2, 0.25) is 0 Å². The van der Waals surface area contributed by atoms with Gasteiger partial charge >= 0.3 is 0 Å². The largest absolute Gasteiger partial charge is 0.345 e. The first kappa shape index (κ1) is 8.30. The monoisotopic (exact) mass is 174 g/mol. The second kappa shape index (κ2) is 2.87. The van der Waals surface area contributed by atoms with Crippen LogP contribution in [0, 0.1) is 6.92 Å². The summed E-state index contributed by atoms with van der Waals surface area (Å²) >= 11 is 0. The molecule has 1 N–H and O–H groups in total. The third kappa shape index (κ3) is 1.32. The molecular weight excluding hydrogens is 160 g/mol. The van der Waals surface area contributed by atoms with Crippen molar-refractivity contribution in [1.29, 1.82) is 0 Å². The number of H-pyrrole nitrogens is 1. The highest BCUT2D eigenvalue weighted by Crippen LogP contribution is 2.23. The zero-order valence-corrected chi connectivity index (χ0v) is 8.26. The summed E-state index contributed by atoms with van der Waals surface area (Å²) in [6, 6.07) is 4.34. The standard InChI is InChI=1S/C11H14N2/c1-7(2)9-5-11-10(4-8(9)3)12-6-13-11/h4-7H,1-3H3,(H,12,13). The smallest absolute Gasteiger partial charge is 0.0931 e. The Morgan fingerprint density at radius 3 is 2.77 bits per heavy atom. The minimum atomic E-state index is 0.570. The van der Waals surface area contributed by atoms with E-state index in [1.807, 2.05) is 0 Å². The molecular formula is C11H14N2. The van der Waals surface area contributed by atoms with E-state index in [0.717, 1.165) is 11.0 Å². The molecule has 0 aliphatic rings. The molecule has 2 nitrogen and oxygen atoms in total. The molecule has 0 bridgehead atoms. The van der Waals surface area contributed by atoms with Gasteiger partial charge < -0.3 is 4.98 Å². The molecule has 0 atom stereocenters. The quantitative estimate of drug-likeness (QED) is 0.707. The maximum atomic E-state index is 4.25. The van der Waals surface area contributed by atoms with Gasteiger partial charge in [0.25, 0.3) is 0 Å². The number of aromatic amines is 1. The maximum absolute atomic E-state index is 4.25. The molecule has 0 radical (unpaired) electrons. The van der Waals surface area contributed by atoms with Crippen molar-refractivity contribution in [2.24, 2.45) is 0 Å². The van der Waals surface area contributed by atoms with Gasteiger partial charge in [0.05, 0.1) is 17.4 Å². The minimum Gasteiger partial charge on any atom is -0.345 e. The van der Waals surface area contributed by atoms with Gasteiger partial charge in [0, 0.05) is 0 Å². The summed E-state index contributed by atoms with van der Waals surface area (Å²) in [6.45, 7) is 6.57. The predicted octanol–water partition coefficient (Wildman–Crippen LogP) is 2.99. The molecule has 0 aliphatic heterocycles. The molecule has 0 saturated heterocycles. The van der Waals surface area contributed by atoms with Gasteiger partial charge in [-0.15, -0.1) is 0 Å². The van der Waals surface area contributed by atoms with Crippen molar-refractivity contribution < 1.29 is 0 Å². The van der Waals surface area contributed by atoms with E-state index in [-0.39, 0.29) is 0 Å². The topological polar surface area (TPSA) is 28.7 Å². The highest BCUT2D eigenvalue weighted by Gasteiger charge is 2.05.